The molecule has 166 valence electrons. The third kappa shape index (κ3) is 5.75. The van der Waals surface area contributed by atoms with Crippen molar-refractivity contribution in [3.05, 3.63) is 36.0 Å². The summed E-state index contributed by atoms with van der Waals surface area (Å²) in [5, 5.41) is 10.1. The Morgan fingerprint density at radius 3 is 2.68 bits per heavy atom. The molecule has 1 aliphatic heterocycles. The Morgan fingerprint density at radius 2 is 2.03 bits per heavy atom. The zero-order chi connectivity index (χ0) is 22.5. The smallest absolute Gasteiger partial charge is 0.332 e. The predicted molar refractivity (Wildman–Crippen MR) is 116 cm³/mol. The number of carbonyl (C=O) groups is 3. The molecule has 0 spiro atoms. The van der Waals surface area contributed by atoms with E-state index in [1.165, 1.54) is 6.92 Å². The van der Waals surface area contributed by atoms with Crippen molar-refractivity contribution in [2.24, 2.45) is 5.16 Å². The number of amides is 2. The van der Waals surface area contributed by atoms with Crippen LogP contribution in [0.3, 0.4) is 0 Å². The third-order valence-electron chi connectivity index (χ3n) is 4.73. The van der Waals surface area contributed by atoms with Crippen molar-refractivity contribution in [3.8, 4) is 0 Å². The molecule has 31 heavy (non-hydrogen) atoms. The molecule has 1 aromatic heterocycles. The maximum absolute atomic E-state index is 13.1. The van der Waals surface area contributed by atoms with Gasteiger partial charge < -0.3 is 25.2 Å². The monoisotopic (exact) mass is 448 g/mol. The summed E-state index contributed by atoms with van der Waals surface area (Å²) in [6.45, 7) is 4.73. The van der Waals surface area contributed by atoms with Crippen molar-refractivity contribution in [1.82, 2.24) is 15.6 Å². The van der Waals surface area contributed by atoms with Crippen LogP contribution in [0, 0.1) is 0 Å². The van der Waals surface area contributed by atoms with E-state index in [1.807, 2.05) is 24.3 Å². The summed E-state index contributed by atoms with van der Waals surface area (Å²) >= 11 is 5.88. The van der Waals surface area contributed by atoms with Crippen LogP contribution >= 0.6 is 11.6 Å². The fourth-order valence-electron chi connectivity index (χ4n) is 3.38. The molecule has 2 aromatic rings. The fraction of sp³-hybridized carbons (Fsp3) is 0.429. The number of rotatable bonds is 8. The van der Waals surface area contributed by atoms with Gasteiger partial charge in [-0.15, -0.1) is 0 Å². The van der Waals surface area contributed by atoms with Gasteiger partial charge >= 0.3 is 5.97 Å². The van der Waals surface area contributed by atoms with E-state index in [-0.39, 0.29) is 30.0 Å². The first-order valence-electron chi connectivity index (χ1n) is 9.95. The molecule has 0 bridgehead atoms. The van der Waals surface area contributed by atoms with Crippen LogP contribution < -0.4 is 10.6 Å². The fourth-order valence-corrected chi connectivity index (χ4v) is 3.57. The average Bonchev–Trinajstić information content (AvgIpc) is 3.31. The summed E-state index contributed by atoms with van der Waals surface area (Å²) in [5.41, 5.74) is 1.78. The van der Waals surface area contributed by atoms with E-state index in [1.54, 1.807) is 20.0 Å². The van der Waals surface area contributed by atoms with E-state index in [9.17, 15) is 14.4 Å². The number of oxime groups is 1. The van der Waals surface area contributed by atoms with Crippen molar-refractivity contribution < 1.29 is 24.0 Å². The summed E-state index contributed by atoms with van der Waals surface area (Å²) in [7, 11) is 0. The zero-order valence-corrected chi connectivity index (χ0v) is 18.2. The first-order chi connectivity index (χ1) is 14.7. The summed E-state index contributed by atoms with van der Waals surface area (Å²) in [5.74, 6) is -1.58. The van der Waals surface area contributed by atoms with Crippen molar-refractivity contribution in [2.75, 3.05) is 0 Å². The number of aromatic amines is 1. The standard InChI is InChI=1S/C21H25ClN4O5/c1-11(2)30-21(29)19(17-9-18(22)26-31-17)25-20(28)16(24-12(3)27)8-13-10-23-15-7-5-4-6-14(13)15/h4-7,10-11,16-17,19,23H,8-9H2,1-3H3,(H,24,27)(H,25,28)/t16?,17-,19-/m0/s1. The molecule has 0 fully saturated rings. The lowest BCUT2D eigenvalue weighted by atomic mass is 10.0. The summed E-state index contributed by atoms with van der Waals surface area (Å²) in [4.78, 5) is 45.8. The number of ether oxygens (including phenoxy) is 1. The number of aromatic nitrogens is 1. The summed E-state index contributed by atoms with van der Waals surface area (Å²) < 4.78 is 5.27. The van der Waals surface area contributed by atoms with Gasteiger partial charge in [0.2, 0.25) is 11.8 Å². The summed E-state index contributed by atoms with van der Waals surface area (Å²) in [6.07, 6.45) is 0.998. The molecule has 0 radical (unpaired) electrons. The van der Waals surface area contributed by atoms with Crippen molar-refractivity contribution in [2.45, 2.75) is 57.9 Å². The van der Waals surface area contributed by atoms with E-state index >= 15 is 0 Å². The number of nitrogens with one attached hydrogen (secondary N) is 3. The molecule has 0 saturated carbocycles. The van der Waals surface area contributed by atoms with Crippen LogP contribution in [0.25, 0.3) is 10.9 Å². The van der Waals surface area contributed by atoms with Gasteiger partial charge in [-0.25, -0.2) is 4.79 Å². The van der Waals surface area contributed by atoms with E-state index in [4.69, 9.17) is 21.2 Å². The molecule has 0 saturated heterocycles. The Morgan fingerprint density at radius 1 is 1.29 bits per heavy atom. The van der Waals surface area contributed by atoms with Gasteiger partial charge in [-0.2, -0.15) is 0 Å². The first-order valence-corrected chi connectivity index (χ1v) is 10.3. The molecule has 2 amide bonds. The maximum atomic E-state index is 13.1. The summed E-state index contributed by atoms with van der Waals surface area (Å²) in [6, 6.07) is 5.61. The van der Waals surface area contributed by atoms with Crippen LogP contribution in [-0.4, -0.2) is 52.2 Å². The molecule has 1 aromatic carbocycles. The number of hydrogen-bond acceptors (Lipinski definition) is 6. The predicted octanol–water partition coefficient (Wildman–Crippen LogP) is 1.99. The van der Waals surface area contributed by atoms with Crippen molar-refractivity contribution in [1.29, 1.82) is 0 Å². The minimum absolute atomic E-state index is 0.160. The van der Waals surface area contributed by atoms with Gasteiger partial charge in [0.25, 0.3) is 0 Å². The second kappa shape index (κ2) is 9.82. The number of fused-ring (bicyclic) bond motifs is 1. The van der Waals surface area contributed by atoms with E-state index in [0.29, 0.717) is 0 Å². The van der Waals surface area contributed by atoms with Gasteiger partial charge in [-0.3, -0.25) is 9.59 Å². The first kappa shape index (κ1) is 22.6. The van der Waals surface area contributed by atoms with Gasteiger partial charge in [0.15, 0.2) is 12.1 Å². The van der Waals surface area contributed by atoms with Crippen molar-refractivity contribution >= 4 is 45.5 Å². The van der Waals surface area contributed by atoms with Gasteiger partial charge in [0.1, 0.15) is 11.2 Å². The van der Waals surface area contributed by atoms with Crippen LogP contribution in [0.5, 0.6) is 0 Å². The van der Waals surface area contributed by atoms with Gasteiger partial charge in [0, 0.05) is 36.9 Å². The molecule has 10 heteroatoms. The molecule has 0 aliphatic carbocycles. The molecule has 1 unspecified atom stereocenters. The number of H-pyrrole nitrogens is 1. The van der Waals surface area contributed by atoms with Crippen LogP contribution in [0.2, 0.25) is 0 Å². The Kier molecular flexibility index (Phi) is 7.17. The minimum atomic E-state index is -1.13. The average molecular weight is 449 g/mol. The Hall–Kier alpha value is -3.07. The lowest BCUT2D eigenvalue weighted by molar-refractivity contribution is -0.155. The number of carbonyl (C=O) groups excluding carboxylic acids is 3. The third-order valence-corrected chi connectivity index (χ3v) is 4.95. The Balaban J connectivity index is 1.79. The second-order valence-electron chi connectivity index (χ2n) is 7.60. The molecular weight excluding hydrogens is 424 g/mol. The molecule has 3 atom stereocenters. The van der Waals surface area contributed by atoms with Crippen LogP contribution in [-0.2, 0) is 30.4 Å². The van der Waals surface area contributed by atoms with Crippen molar-refractivity contribution in [3.63, 3.8) is 0 Å². The highest BCUT2D eigenvalue weighted by molar-refractivity contribution is 6.65. The van der Waals surface area contributed by atoms with E-state index < -0.39 is 30.1 Å². The maximum Gasteiger partial charge on any atom is 0.332 e. The van der Waals surface area contributed by atoms with E-state index in [0.717, 1.165) is 16.5 Å². The highest BCUT2D eigenvalue weighted by Crippen LogP contribution is 2.21. The van der Waals surface area contributed by atoms with Gasteiger partial charge in [-0.1, -0.05) is 35.0 Å². The van der Waals surface area contributed by atoms with E-state index in [2.05, 4.69) is 20.8 Å². The highest BCUT2D eigenvalue weighted by atomic mass is 35.5. The van der Waals surface area contributed by atoms with Gasteiger partial charge in [-0.05, 0) is 25.5 Å². The molecule has 3 rings (SSSR count). The topological polar surface area (TPSA) is 122 Å². The quantitative estimate of drug-likeness (QED) is 0.533. The Bertz CT molecular complexity index is 1000. The number of nitrogens with zero attached hydrogens (tertiary/aromatic N) is 1. The second-order valence-corrected chi connectivity index (χ2v) is 8.04. The number of benzene rings is 1. The molecular formula is C21H25ClN4O5. The highest BCUT2D eigenvalue weighted by Gasteiger charge is 2.38. The number of halogens is 1. The SMILES string of the molecule is CC(=O)NC(Cc1c[nH]c2ccccc12)C(=O)N[C@H](C(=O)OC(C)C)[C@@H]1CC(Cl)=NO1. The molecule has 2 heterocycles. The normalized spacial score (nSPS) is 17.6. The van der Waals surface area contributed by atoms with Crippen LogP contribution in [0.1, 0.15) is 32.8 Å². The largest absolute Gasteiger partial charge is 0.461 e. The van der Waals surface area contributed by atoms with Crippen LogP contribution in [0.15, 0.2) is 35.6 Å². The lowest BCUT2D eigenvalue weighted by Crippen LogP contribution is -2.56. The number of hydrogen-bond donors (Lipinski definition) is 3. The number of esters is 1. The van der Waals surface area contributed by atoms with Crippen LogP contribution in [0.4, 0.5) is 0 Å². The molecule has 3 N–H and O–H groups in total. The minimum Gasteiger partial charge on any atom is -0.461 e. The molecule has 1 aliphatic rings. The van der Waals surface area contributed by atoms with Gasteiger partial charge in [0.05, 0.1) is 6.10 Å². The molecule has 9 nitrogen and oxygen atoms in total. The lowest BCUT2D eigenvalue weighted by Gasteiger charge is -2.25. The zero-order valence-electron chi connectivity index (χ0n) is 17.5. The number of para-hydroxylation sites is 1. The Labute approximate surface area is 184 Å².